The summed E-state index contributed by atoms with van der Waals surface area (Å²) in [6.45, 7) is 8.86. The summed E-state index contributed by atoms with van der Waals surface area (Å²) >= 11 is 1.54. The van der Waals surface area contributed by atoms with E-state index in [1.807, 2.05) is 12.1 Å². The third-order valence-corrected chi connectivity index (χ3v) is 7.51. The number of halogens is 1. The Morgan fingerprint density at radius 3 is 2.54 bits per heavy atom. The number of nitrogens with zero attached hydrogens (tertiary/aromatic N) is 3. The molecule has 1 aliphatic rings. The van der Waals surface area contributed by atoms with E-state index in [-0.39, 0.29) is 40.6 Å². The van der Waals surface area contributed by atoms with E-state index >= 15 is 0 Å². The summed E-state index contributed by atoms with van der Waals surface area (Å²) in [5, 5.41) is 7.65. The van der Waals surface area contributed by atoms with E-state index < -0.39 is 0 Å². The SMILES string of the molecule is COCCNC(=O)CN1C(=O)CS[C@@H](c2ccccc2C)c2c(C(C)(C)C)nn(-c3ccc(F)cc3)c21. The van der Waals surface area contributed by atoms with Crippen LogP contribution in [0.5, 0.6) is 0 Å². The van der Waals surface area contributed by atoms with Gasteiger partial charge in [0.2, 0.25) is 11.8 Å². The number of nitrogens with one attached hydrogen (secondary N) is 1. The number of fused-ring (bicyclic) bond motifs is 1. The molecule has 1 atom stereocenters. The van der Waals surface area contributed by atoms with Gasteiger partial charge in [0, 0.05) is 24.6 Å². The van der Waals surface area contributed by atoms with Gasteiger partial charge in [-0.15, -0.1) is 11.8 Å². The van der Waals surface area contributed by atoms with Gasteiger partial charge in [0.15, 0.2) is 0 Å². The molecule has 4 rings (SSSR count). The van der Waals surface area contributed by atoms with Gasteiger partial charge in [-0.2, -0.15) is 5.10 Å². The van der Waals surface area contributed by atoms with Crippen molar-refractivity contribution in [1.29, 1.82) is 0 Å². The molecule has 0 fully saturated rings. The summed E-state index contributed by atoms with van der Waals surface area (Å²) in [5.74, 6) is -0.0993. The standard InChI is InChI=1S/C28H33FN4O3S/c1-18-8-6-7-9-21(18)25-24-26(28(2,3)4)31-33(20-12-10-19(29)11-13-20)27(24)32(23(35)17-37-25)16-22(34)30-14-15-36-5/h6-13,25H,14-17H2,1-5H3,(H,30,34)/t25-/m0/s1. The number of rotatable bonds is 7. The topological polar surface area (TPSA) is 76.5 Å². The minimum absolute atomic E-state index is 0.160. The molecule has 1 aliphatic heterocycles. The summed E-state index contributed by atoms with van der Waals surface area (Å²) in [6, 6.07) is 14.1. The van der Waals surface area contributed by atoms with Crippen LogP contribution in [0.3, 0.4) is 0 Å². The summed E-state index contributed by atoms with van der Waals surface area (Å²) in [4.78, 5) is 28.0. The fraction of sp³-hybridized carbons (Fsp3) is 0.393. The number of benzene rings is 2. The molecule has 1 N–H and O–H groups in total. The normalized spacial score (nSPS) is 15.9. The van der Waals surface area contributed by atoms with Gasteiger partial charge in [0.1, 0.15) is 18.2 Å². The molecule has 2 aromatic carbocycles. The molecule has 37 heavy (non-hydrogen) atoms. The highest BCUT2D eigenvalue weighted by molar-refractivity contribution is 8.00. The predicted octanol–water partition coefficient (Wildman–Crippen LogP) is 4.55. The number of aromatic nitrogens is 2. The van der Waals surface area contributed by atoms with Gasteiger partial charge >= 0.3 is 0 Å². The Bertz CT molecular complexity index is 1280. The third-order valence-electron chi connectivity index (χ3n) is 6.27. The molecule has 0 radical (unpaired) electrons. The van der Waals surface area contributed by atoms with Crippen LogP contribution >= 0.6 is 11.8 Å². The second-order valence-corrected chi connectivity index (χ2v) is 11.2. The van der Waals surface area contributed by atoms with Crippen molar-refractivity contribution in [3.63, 3.8) is 0 Å². The molecular weight excluding hydrogens is 491 g/mol. The number of hydrogen-bond donors (Lipinski definition) is 1. The van der Waals surface area contributed by atoms with E-state index in [2.05, 4.69) is 45.1 Å². The highest BCUT2D eigenvalue weighted by Crippen LogP contribution is 2.49. The fourth-order valence-electron chi connectivity index (χ4n) is 4.45. The molecule has 0 unspecified atom stereocenters. The zero-order valence-corrected chi connectivity index (χ0v) is 22.7. The van der Waals surface area contributed by atoms with E-state index in [9.17, 15) is 14.0 Å². The number of carbonyl (C=O) groups excluding carboxylic acids is 2. The van der Waals surface area contributed by atoms with E-state index in [0.717, 1.165) is 22.4 Å². The van der Waals surface area contributed by atoms with Gasteiger partial charge in [-0.1, -0.05) is 45.0 Å². The highest BCUT2D eigenvalue weighted by Gasteiger charge is 2.40. The summed E-state index contributed by atoms with van der Waals surface area (Å²) in [7, 11) is 1.56. The Hall–Kier alpha value is -3.17. The first-order valence-corrected chi connectivity index (χ1v) is 13.3. The molecule has 0 saturated heterocycles. The Morgan fingerprint density at radius 2 is 1.89 bits per heavy atom. The number of aryl methyl sites for hydroxylation is 1. The zero-order valence-electron chi connectivity index (χ0n) is 21.9. The van der Waals surface area contributed by atoms with Gasteiger partial charge in [0.05, 0.1) is 29.0 Å². The van der Waals surface area contributed by atoms with Crippen LogP contribution in [0.15, 0.2) is 48.5 Å². The maximum absolute atomic E-state index is 13.8. The predicted molar refractivity (Wildman–Crippen MR) is 145 cm³/mol. The maximum Gasteiger partial charge on any atom is 0.240 e. The summed E-state index contributed by atoms with van der Waals surface area (Å²) in [6.07, 6.45) is 0. The Balaban J connectivity index is 1.96. The van der Waals surface area contributed by atoms with Crippen molar-refractivity contribution < 1.29 is 18.7 Å². The highest BCUT2D eigenvalue weighted by atomic mass is 32.2. The first-order chi connectivity index (χ1) is 17.6. The van der Waals surface area contributed by atoms with Crippen molar-refractivity contribution >= 4 is 29.4 Å². The first-order valence-electron chi connectivity index (χ1n) is 12.2. The lowest BCUT2D eigenvalue weighted by Crippen LogP contribution is -2.43. The van der Waals surface area contributed by atoms with Crippen LogP contribution in [0, 0.1) is 12.7 Å². The molecule has 0 spiro atoms. The van der Waals surface area contributed by atoms with E-state index in [1.54, 1.807) is 23.9 Å². The lowest BCUT2D eigenvalue weighted by Gasteiger charge is -2.25. The monoisotopic (exact) mass is 524 g/mol. The van der Waals surface area contributed by atoms with Crippen LogP contribution in [-0.4, -0.2) is 54.2 Å². The minimum atomic E-state index is -0.364. The van der Waals surface area contributed by atoms with Crippen molar-refractivity contribution in [2.45, 2.75) is 38.4 Å². The first kappa shape index (κ1) is 26.9. The lowest BCUT2D eigenvalue weighted by atomic mass is 9.86. The smallest absolute Gasteiger partial charge is 0.240 e. The molecule has 0 saturated carbocycles. The Labute approximate surface area is 221 Å². The number of hydrogen-bond acceptors (Lipinski definition) is 5. The number of ether oxygens (including phenoxy) is 1. The van der Waals surface area contributed by atoms with Gasteiger partial charge < -0.3 is 10.1 Å². The van der Waals surface area contributed by atoms with Gasteiger partial charge in [0.25, 0.3) is 0 Å². The van der Waals surface area contributed by atoms with E-state index in [4.69, 9.17) is 9.84 Å². The molecule has 0 aliphatic carbocycles. The van der Waals surface area contributed by atoms with Crippen molar-refractivity contribution in [3.8, 4) is 5.69 Å². The lowest BCUT2D eigenvalue weighted by molar-refractivity contribution is -0.123. The fourth-order valence-corrected chi connectivity index (χ4v) is 5.75. The Morgan fingerprint density at radius 1 is 1.19 bits per heavy atom. The quantitative estimate of drug-likeness (QED) is 0.459. The molecular formula is C28H33FN4O3S. The molecule has 1 aromatic heterocycles. The van der Waals surface area contributed by atoms with Gasteiger partial charge in [-0.3, -0.25) is 14.5 Å². The van der Waals surface area contributed by atoms with Crippen molar-refractivity contribution in [2.24, 2.45) is 0 Å². The van der Waals surface area contributed by atoms with Gasteiger partial charge in [-0.25, -0.2) is 9.07 Å². The van der Waals surface area contributed by atoms with Crippen LogP contribution in [0.25, 0.3) is 5.69 Å². The number of methoxy groups -OCH3 is 1. The average molecular weight is 525 g/mol. The minimum Gasteiger partial charge on any atom is -0.383 e. The van der Waals surface area contributed by atoms with E-state index in [0.29, 0.717) is 24.7 Å². The van der Waals surface area contributed by atoms with E-state index in [1.165, 1.54) is 28.8 Å². The molecule has 3 aromatic rings. The molecule has 9 heteroatoms. The third kappa shape index (κ3) is 5.72. The Kier molecular flexibility index (Phi) is 8.04. The molecule has 0 bridgehead atoms. The molecule has 2 amide bonds. The van der Waals surface area contributed by atoms with Crippen LogP contribution in [0.4, 0.5) is 10.2 Å². The average Bonchev–Trinajstić information content (AvgIpc) is 3.19. The van der Waals surface area contributed by atoms with Crippen LogP contribution < -0.4 is 10.2 Å². The number of thioether (sulfide) groups is 1. The van der Waals surface area contributed by atoms with Crippen molar-refractivity contribution in [3.05, 3.63) is 76.7 Å². The van der Waals surface area contributed by atoms with Crippen LogP contribution in [0.2, 0.25) is 0 Å². The van der Waals surface area contributed by atoms with Gasteiger partial charge in [-0.05, 0) is 42.3 Å². The van der Waals surface area contributed by atoms with Crippen molar-refractivity contribution in [2.75, 3.05) is 37.5 Å². The number of amides is 2. The summed E-state index contributed by atoms with van der Waals surface area (Å²) < 4.78 is 20.6. The van der Waals surface area contributed by atoms with Crippen LogP contribution in [-0.2, 0) is 19.7 Å². The number of anilines is 1. The molecule has 196 valence electrons. The van der Waals surface area contributed by atoms with Crippen LogP contribution in [0.1, 0.15) is 48.4 Å². The molecule has 7 nitrogen and oxygen atoms in total. The second-order valence-electron chi connectivity index (χ2n) is 10.1. The number of carbonyl (C=O) groups is 2. The second kappa shape index (κ2) is 11.1. The summed E-state index contributed by atoms with van der Waals surface area (Å²) in [5.41, 5.74) is 4.17. The maximum atomic E-state index is 13.8. The largest absolute Gasteiger partial charge is 0.383 e. The van der Waals surface area contributed by atoms with Crippen molar-refractivity contribution in [1.82, 2.24) is 15.1 Å². The molecule has 2 heterocycles. The zero-order chi connectivity index (χ0) is 26.7.